The Balaban J connectivity index is -0.00000603. The lowest BCUT2D eigenvalue weighted by atomic mass is 10.3. The van der Waals surface area contributed by atoms with Crippen LogP contribution in [0.25, 0.3) is 0 Å². The quantitative estimate of drug-likeness (QED) is 0.0882. The summed E-state index contributed by atoms with van der Waals surface area (Å²) in [7, 11) is 0. The topological polar surface area (TPSA) is 128 Å². The van der Waals surface area contributed by atoms with E-state index in [9.17, 15) is 4.79 Å². The van der Waals surface area contributed by atoms with Crippen LogP contribution in [-0.2, 0) is 61.6 Å². The Bertz CT molecular complexity index is 530. The number of ketones is 1. The lowest BCUT2D eigenvalue weighted by Gasteiger charge is -2.09. The molecule has 13 heteroatoms. The molecule has 0 aromatic rings. The second-order valence-electron chi connectivity index (χ2n) is 9.15. The van der Waals surface area contributed by atoms with Crippen molar-refractivity contribution in [1.29, 1.82) is 0 Å². The second-order valence-corrected chi connectivity index (χ2v) is 9.15. The van der Waals surface area contributed by atoms with Gasteiger partial charge in [0.15, 0.2) is 0 Å². The van der Waals surface area contributed by atoms with Gasteiger partial charge in [-0.25, -0.2) is 0 Å². The molecule has 0 unspecified atom stereocenters. The summed E-state index contributed by atoms with van der Waals surface area (Å²) in [4.78, 5) is 10.8. The van der Waals surface area contributed by atoms with Gasteiger partial charge in [-0.2, -0.15) is 0 Å². The minimum Gasteiger partial charge on any atom is -0.379 e. The van der Waals surface area contributed by atoms with E-state index in [-0.39, 0.29) is 13.2 Å². The average Bonchev–Trinajstić information content (AvgIpc) is 3.05. The molecular formula is C33H70O13. The molecule has 0 spiro atoms. The molecule has 0 bridgehead atoms. The Morgan fingerprint density at radius 2 is 0.522 bits per heavy atom. The fourth-order valence-corrected chi connectivity index (χ4v) is 2.98. The zero-order valence-electron chi connectivity index (χ0n) is 28.9. The molecule has 0 saturated heterocycles. The zero-order chi connectivity index (χ0) is 33.2. The number of carbonyl (C=O) groups is 1. The van der Waals surface area contributed by atoms with Gasteiger partial charge < -0.3 is 56.8 Å². The predicted molar refractivity (Wildman–Crippen MR) is 178 cm³/mol. The monoisotopic (exact) mass is 674 g/mol. The normalized spacial score (nSPS) is 10.9. The van der Waals surface area contributed by atoms with E-state index in [1.54, 1.807) is 6.92 Å². The van der Waals surface area contributed by atoms with Crippen LogP contribution in [0.2, 0.25) is 0 Å². The Morgan fingerprint density at radius 3 is 0.696 bits per heavy atom. The molecule has 0 rings (SSSR count). The van der Waals surface area contributed by atoms with Crippen LogP contribution in [0.1, 0.15) is 54.4 Å². The van der Waals surface area contributed by atoms with Gasteiger partial charge in [-0.15, -0.1) is 0 Å². The van der Waals surface area contributed by atoms with E-state index in [4.69, 9.17) is 56.8 Å². The van der Waals surface area contributed by atoms with Gasteiger partial charge in [0.05, 0.1) is 152 Å². The van der Waals surface area contributed by atoms with E-state index in [0.29, 0.717) is 158 Å². The van der Waals surface area contributed by atoms with Gasteiger partial charge in [0.1, 0.15) is 5.78 Å². The molecule has 280 valence electrons. The molecule has 46 heavy (non-hydrogen) atoms. The van der Waals surface area contributed by atoms with Gasteiger partial charge in [-0.3, -0.25) is 4.79 Å². The first kappa shape index (κ1) is 49.6. The maximum Gasteiger partial charge on any atom is 0.132 e. The van der Waals surface area contributed by atoms with Crippen molar-refractivity contribution in [3.05, 3.63) is 0 Å². The molecular weight excluding hydrogens is 604 g/mol. The minimum atomic E-state index is 0. The standard InChI is InChI=1S/C30H60O13.C2H6.CH4/c1-3-4-6-32-8-10-34-12-14-36-16-18-38-20-22-40-24-26-42-28-29-43-27-25-41-23-21-39-19-17-37-15-13-35-11-9-33-7-5-30(2)31;1-2;/h3-29H2,1-2H3;1-2H3;1H4. The first-order chi connectivity index (χ1) is 22.3. The summed E-state index contributed by atoms with van der Waals surface area (Å²) in [6, 6.07) is 0. The molecule has 0 fully saturated rings. The van der Waals surface area contributed by atoms with Crippen LogP contribution in [0.4, 0.5) is 0 Å². The minimum absolute atomic E-state index is 0. The summed E-state index contributed by atoms with van der Waals surface area (Å²) in [6.45, 7) is 20.4. The van der Waals surface area contributed by atoms with Crippen LogP contribution < -0.4 is 0 Å². The molecule has 0 aromatic carbocycles. The van der Waals surface area contributed by atoms with Crippen molar-refractivity contribution in [3.63, 3.8) is 0 Å². The lowest BCUT2D eigenvalue weighted by molar-refractivity contribution is -0.118. The van der Waals surface area contributed by atoms with Crippen molar-refractivity contribution in [3.8, 4) is 0 Å². The summed E-state index contributed by atoms with van der Waals surface area (Å²) < 4.78 is 65.1. The number of hydrogen-bond acceptors (Lipinski definition) is 13. The smallest absolute Gasteiger partial charge is 0.132 e. The highest BCUT2D eigenvalue weighted by Crippen LogP contribution is 1.90. The highest BCUT2D eigenvalue weighted by Gasteiger charge is 1.97. The van der Waals surface area contributed by atoms with E-state index in [1.807, 2.05) is 13.8 Å². The van der Waals surface area contributed by atoms with Crippen molar-refractivity contribution >= 4 is 5.78 Å². The van der Waals surface area contributed by atoms with Gasteiger partial charge in [0, 0.05) is 13.0 Å². The fourth-order valence-electron chi connectivity index (χ4n) is 2.98. The van der Waals surface area contributed by atoms with Crippen LogP contribution in [0.15, 0.2) is 0 Å². The van der Waals surface area contributed by atoms with Crippen LogP contribution in [-0.4, -0.2) is 164 Å². The summed E-state index contributed by atoms with van der Waals surface area (Å²) in [6.07, 6.45) is 2.68. The highest BCUT2D eigenvalue weighted by molar-refractivity contribution is 5.75. The van der Waals surface area contributed by atoms with Crippen LogP contribution in [0.5, 0.6) is 0 Å². The summed E-state index contributed by atoms with van der Waals surface area (Å²) in [5.74, 6) is 0.127. The Morgan fingerprint density at radius 1 is 0.348 bits per heavy atom. The number of rotatable bonds is 39. The maximum absolute atomic E-state index is 10.8. The van der Waals surface area contributed by atoms with Crippen LogP contribution in [0.3, 0.4) is 0 Å². The number of hydrogen-bond donors (Lipinski definition) is 0. The molecule has 0 radical (unpaired) electrons. The number of ether oxygens (including phenoxy) is 12. The Kier molecular flexibility index (Phi) is 52.4. The highest BCUT2D eigenvalue weighted by atomic mass is 16.6. The third kappa shape index (κ3) is 50.1. The van der Waals surface area contributed by atoms with Gasteiger partial charge in [0.25, 0.3) is 0 Å². The number of unbranched alkanes of at least 4 members (excludes halogenated alkanes) is 1. The third-order valence-corrected chi connectivity index (χ3v) is 5.33. The first-order valence-electron chi connectivity index (χ1n) is 16.7. The summed E-state index contributed by atoms with van der Waals surface area (Å²) in [5, 5.41) is 0. The van der Waals surface area contributed by atoms with Crippen molar-refractivity contribution in [2.45, 2.75) is 54.4 Å². The van der Waals surface area contributed by atoms with E-state index < -0.39 is 0 Å². The molecule has 0 aliphatic rings. The average molecular weight is 675 g/mol. The van der Waals surface area contributed by atoms with E-state index in [0.717, 1.165) is 19.4 Å². The fraction of sp³-hybridized carbons (Fsp3) is 0.970. The predicted octanol–water partition coefficient (Wildman–Crippen LogP) is 3.63. The number of Topliss-reactive ketones (excluding diaryl/α,β-unsaturated/α-hetero) is 1. The molecule has 0 aliphatic carbocycles. The molecule has 0 N–H and O–H groups in total. The molecule has 13 nitrogen and oxygen atoms in total. The van der Waals surface area contributed by atoms with Crippen molar-refractivity contribution < 1.29 is 61.6 Å². The Hall–Kier alpha value is -0.810. The third-order valence-electron chi connectivity index (χ3n) is 5.33. The van der Waals surface area contributed by atoms with Crippen LogP contribution >= 0.6 is 0 Å². The molecule has 0 heterocycles. The molecule has 0 atom stereocenters. The van der Waals surface area contributed by atoms with Gasteiger partial charge >= 0.3 is 0 Å². The Labute approximate surface area is 280 Å². The summed E-state index contributed by atoms with van der Waals surface area (Å²) >= 11 is 0. The number of carbonyl (C=O) groups excluding carboxylic acids is 1. The van der Waals surface area contributed by atoms with Crippen LogP contribution in [0, 0.1) is 0 Å². The zero-order valence-corrected chi connectivity index (χ0v) is 28.9. The van der Waals surface area contributed by atoms with E-state index in [2.05, 4.69) is 6.92 Å². The molecule has 0 saturated carbocycles. The lowest BCUT2D eigenvalue weighted by Crippen LogP contribution is -2.15. The first-order valence-corrected chi connectivity index (χ1v) is 16.7. The van der Waals surface area contributed by atoms with Crippen molar-refractivity contribution in [1.82, 2.24) is 0 Å². The second kappa shape index (κ2) is 48.6. The molecule has 0 aromatic heterocycles. The SMILES string of the molecule is C.CC.CCCCOCCOCCOCCOCCOCCOCCOCCOCCOCCOCCOCCOCCC(C)=O. The van der Waals surface area contributed by atoms with Crippen molar-refractivity contribution in [2.24, 2.45) is 0 Å². The maximum atomic E-state index is 10.8. The molecule has 0 amide bonds. The van der Waals surface area contributed by atoms with Gasteiger partial charge in [-0.1, -0.05) is 34.6 Å². The molecule has 0 aliphatic heterocycles. The van der Waals surface area contributed by atoms with Gasteiger partial charge in [0.2, 0.25) is 0 Å². The largest absolute Gasteiger partial charge is 0.379 e. The van der Waals surface area contributed by atoms with E-state index >= 15 is 0 Å². The van der Waals surface area contributed by atoms with Crippen molar-refractivity contribution in [2.75, 3.05) is 159 Å². The summed E-state index contributed by atoms with van der Waals surface area (Å²) in [5.41, 5.74) is 0. The van der Waals surface area contributed by atoms with Gasteiger partial charge in [-0.05, 0) is 13.3 Å². The van der Waals surface area contributed by atoms with E-state index in [1.165, 1.54) is 0 Å².